The molecule has 0 saturated carbocycles. The smallest absolute Gasteiger partial charge is 0.123 e. The molecule has 2 nitrogen and oxygen atoms in total. The molecule has 1 rings (SSSR count). The molecule has 1 aromatic carbocycles. The molecule has 0 fully saturated rings. The lowest BCUT2D eigenvalue weighted by Crippen LogP contribution is -2.08. The summed E-state index contributed by atoms with van der Waals surface area (Å²) in [4.78, 5) is 0. The molecule has 0 amide bonds. The average molecular weight is 284 g/mol. The lowest BCUT2D eigenvalue weighted by molar-refractivity contribution is 0.308. The number of ether oxygens (including phenoxy) is 1. The minimum Gasteiger partial charge on any atom is -0.493 e. The van der Waals surface area contributed by atoms with Gasteiger partial charge in [0.05, 0.1) is 6.61 Å². The molecule has 0 aliphatic heterocycles. The van der Waals surface area contributed by atoms with E-state index in [4.69, 9.17) is 4.74 Å². The van der Waals surface area contributed by atoms with Crippen molar-refractivity contribution < 1.29 is 4.74 Å². The van der Waals surface area contributed by atoms with Gasteiger partial charge in [-0.25, -0.2) is 0 Å². The van der Waals surface area contributed by atoms with Crippen LogP contribution in [-0.2, 0) is 6.54 Å². The van der Waals surface area contributed by atoms with Crippen molar-refractivity contribution in [3.8, 4) is 5.75 Å². The fourth-order valence-electron chi connectivity index (χ4n) is 1.43. The van der Waals surface area contributed by atoms with Crippen LogP contribution in [0, 0.1) is 0 Å². The summed E-state index contributed by atoms with van der Waals surface area (Å²) < 4.78 is 6.82. The minimum absolute atomic E-state index is 0.740. The number of nitrogens with one attached hydrogen (secondary N) is 1. The largest absolute Gasteiger partial charge is 0.493 e. The molecule has 0 saturated heterocycles. The fourth-order valence-corrected chi connectivity index (χ4v) is 1.84. The Bertz CT molecular complexity index is 339. The number of hydrogen-bond donors (Lipinski definition) is 1. The highest BCUT2D eigenvalue weighted by molar-refractivity contribution is 9.10. The first-order chi connectivity index (χ1) is 7.77. The second-order valence-electron chi connectivity index (χ2n) is 3.56. The molecule has 88 valence electrons. The lowest BCUT2D eigenvalue weighted by Gasteiger charge is -2.11. The zero-order valence-electron chi connectivity index (χ0n) is 9.63. The quantitative estimate of drug-likeness (QED) is 0.611. The normalized spacial score (nSPS) is 10.1. The summed E-state index contributed by atoms with van der Waals surface area (Å²) in [5.41, 5.74) is 1.18. The van der Waals surface area contributed by atoms with Gasteiger partial charge in [0.15, 0.2) is 0 Å². The molecule has 16 heavy (non-hydrogen) atoms. The van der Waals surface area contributed by atoms with Gasteiger partial charge in [-0.05, 0) is 38.1 Å². The Labute approximate surface area is 106 Å². The van der Waals surface area contributed by atoms with Gasteiger partial charge < -0.3 is 10.1 Å². The fraction of sp³-hybridized carbons (Fsp3) is 0.385. The standard InChI is InChI=1S/C13H18BrNO/c1-3-4-5-8-16-13-7-6-12(14)9-11(13)10-15-2/h3,6-7,9,15H,1,4-5,8,10H2,2H3. The number of unbranched alkanes of at least 4 members (excludes halogenated alkanes) is 1. The first-order valence-electron chi connectivity index (χ1n) is 5.44. The van der Waals surface area contributed by atoms with Gasteiger partial charge in [-0.3, -0.25) is 0 Å². The Kier molecular flexibility index (Phi) is 6.19. The summed E-state index contributed by atoms with van der Waals surface area (Å²) in [6, 6.07) is 6.09. The first-order valence-corrected chi connectivity index (χ1v) is 6.24. The Morgan fingerprint density at radius 1 is 1.50 bits per heavy atom. The van der Waals surface area contributed by atoms with E-state index >= 15 is 0 Å². The zero-order valence-corrected chi connectivity index (χ0v) is 11.2. The molecule has 0 aromatic heterocycles. The molecule has 0 atom stereocenters. The Balaban J connectivity index is 2.59. The van der Waals surface area contributed by atoms with Crippen LogP contribution in [0.5, 0.6) is 5.75 Å². The molecule has 0 aliphatic rings. The van der Waals surface area contributed by atoms with E-state index in [1.54, 1.807) is 0 Å². The van der Waals surface area contributed by atoms with E-state index in [2.05, 4.69) is 33.9 Å². The van der Waals surface area contributed by atoms with Crippen LogP contribution in [0.15, 0.2) is 35.3 Å². The highest BCUT2D eigenvalue weighted by Gasteiger charge is 2.03. The van der Waals surface area contributed by atoms with Gasteiger partial charge in [0.1, 0.15) is 5.75 Å². The van der Waals surface area contributed by atoms with Crippen molar-refractivity contribution in [2.45, 2.75) is 19.4 Å². The summed E-state index contributed by atoms with van der Waals surface area (Å²) in [7, 11) is 1.93. The van der Waals surface area contributed by atoms with E-state index < -0.39 is 0 Å². The maximum absolute atomic E-state index is 5.74. The van der Waals surface area contributed by atoms with Crippen LogP contribution >= 0.6 is 15.9 Å². The molecular weight excluding hydrogens is 266 g/mol. The van der Waals surface area contributed by atoms with Crippen molar-refractivity contribution in [2.75, 3.05) is 13.7 Å². The molecule has 0 bridgehead atoms. The van der Waals surface area contributed by atoms with Crippen LogP contribution in [0.3, 0.4) is 0 Å². The molecule has 3 heteroatoms. The van der Waals surface area contributed by atoms with Gasteiger partial charge in [-0.1, -0.05) is 22.0 Å². The van der Waals surface area contributed by atoms with Gasteiger partial charge >= 0.3 is 0 Å². The average Bonchev–Trinajstić information content (AvgIpc) is 2.27. The van der Waals surface area contributed by atoms with Gasteiger partial charge in [-0.2, -0.15) is 0 Å². The third-order valence-electron chi connectivity index (χ3n) is 2.20. The van der Waals surface area contributed by atoms with Crippen molar-refractivity contribution in [1.29, 1.82) is 0 Å². The number of rotatable bonds is 7. The molecule has 0 unspecified atom stereocenters. The van der Waals surface area contributed by atoms with Gasteiger partial charge in [0.2, 0.25) is 0 Å². The second kappa shape index (κ2) is 7.47. The molecule has 0 spiro atoms. The van der Waals surface area contributed by atoms with Crippen molar-refractivity contribution in [3.05, 3.63) is 40.9 Å². The number of benzene rings is 1. The minimum atomic E-state index is 0.740. The van der Waals surface area contributed by atoms with E-state index in [-0.39, 0.29) is 0 Å². The van der Waals surface area contributed by atoms with Crippen molar-refractivity contribution in [2.24, 2.45) is 0 Å². The number of hydrogen-bond acceptors (Lipinski definition) is 2. The summed E-state index contributed by atoms with van der Waals surface area (Å²) >= 11 is 3.46. The zero-order chi connectivity index (χ0) is 11.8. The highest BCUT2D eigenvalue weighted by atomic mass is 79.9. The molecule has 0 radical (unpaired) electrons. The van der Waals surface area contributed by atoms with E-state index in [1.165, 1.54) is 5.56 Å². The van der Waals surface area contributed by atoms with Crippen LogP contribution < -0.4 is 10.1 Å². The van der Waals surface area contributed by atoms with E-state index in [0.29, 0.717) is 0 Å². The van der Waals surface area contributed by atoms with Gasteiger partial charge in [-0.15, -0.1) is 6.58 Å². The summed E-state index contributed by atoms with van der Waals surface area (Å²) in [5, 5.41) is 3.14. The molecular formula is C13H18BrNO. The highest BCUT2D eigenvalue weighted by Crippen LogP contribution is 2.23. The summed E-state index contributed by atoms with van der Waals surface area (Å²) in [5.74, 6) is 0.960. The monoisotopic (exact) mass is 283 g/mol. The topological polar surface area (TPSA) is 21.3 Å². The molecule has 0 aliphatic carbocycles. The maximum Gasteiger partial charge on any atom is 0.123 e. The van der Waals surface area contributed by atoms with Gasteiger partial charge in [0, 0.05) is 16.6 Å². The van der Waals surface area contributed by atoms with Crippen LogP contribution in [0.4, 0.5) is 0 Å². The van der Waals surface area contributed by atoms with Crippen LogP contribution in [0.2, 0.25) is 0 Å². The summed E-state index contributed by atoms with van der Waals surface area (Å²) in [6.07, 6.45) is 3.93. The van der Waals surface area contributed by atoms with Crippen LogP contribution in [0.1, 0.15) is 18.4 Å². The lowest BCUT2D eigenvalue weighted by atomic mass is 10.2. The molecule has 1 N–H and O–H groups in total. The Morgan fingerprint density at radius 3 is 3.00 bits per heavy atom. The van der Waals surface area contributed by atoms with Gasteiger partial charge in [0.25, 0.3) is 0 Å². The molecule has 0 heterocycles. The third-order valence-corrected chi connectivity index (χ3v) is 2.69. The number of halogens is 1. The van der Waals surface area contributed by atoms with E-state index in [1.807, 2.05) is 25.3 Å². The summed E-state index contributed by atoms with van der Waals surface area (Å²) in [6.45, 7) is 5.25. The van der Waals surface area contributed by atoms with E-state index in [9.17, 15) is 0 Å². The van der Waals surface area contributed by atoms with Crippen molar-refractivity contribution in [1.82, 2.24) is 5.32 Å². The molecule has 1 aromatic rings. The number of allylic oxidation sites excluding steroid dienone is 1. The predicted octanol–water partition coefficient (Wildman–Crippen LogP) is 3.51. The van der Waals surface area contributed by atoms with E-state index in [0.717, 1.165) is 36.2 Å². The van der Waals surface area contributed by atoms with Crippen LogP contribution in [-0.4, -0.2) is 13.7 Å². The first kappa shape index (κ1) is 13.3. The Hall–Kier alpha value is -0.800. The second-order valence-corrected chi connectivity index (χ2v) is 4.48. The SMILES string of the molecule is C=CCCCOc1ccc(Br)cc1CNC. The van der Waals surface area contributed by atoms with Crippen molar-refractivity contribution in [3.63, 3.8) is 0 Å². The van der Waals surface area contributed by atoms with Crippen LogP contribution in [0.25, 0.3) is 0 Å². The predicted molar refractivity (Wildman–Crippen MR) is 71.8 cm³/mol. The van der Waals surface area contributed by atoms with Crippen molar-refractivity contribution >= 4 is 15.9 Å². The third kappa shape index (κ3) is 4.37. The maximum atomic E-state index is 5.74. The Morgan fingerprint density at radius 2 is 2.31 bits per heavy atom.